The van der Waals surface area contributed by atoms with Crippen LogP contribution < -0.4 is 10.9 Å². The lowest BCUT2D eigenvalue weighted by atomic mass is 10.1. The minimum atomic E-state index is -0.157. The number of thioether (sulfide) groups is 1. The van der Waals surface area contributed by atoms with E-state index in [1.807, 2.05) is 43.5 Å². The fraction of sp³-hybridized carbons (Fsp3) is 0.409. The summed E-state index contributed by atoms with van der Waals surface area (Å²) in [7, 11) is 0. The van der Waals surface area contributed by atoms with E-state index in [1.165, 1.54) is 11.8 Å². The van der Waals surface area contributed by atoms with E-state index in [0.29, 0.717) is 28.7 Å². The van der Waals surface area contributed by atoms with Gasteiger partial charge in [0, 0.05) is 17.9 Å². The van der Waals surface area contributed by atoms with Crippen molar-refractivity contribution in [1.82, 2.24) is 14.1 Å². The molecular weight excluding hydrogens is 384 g/mol. The lowest BCUT2D eigenvalue weighted by Gasteiger charge is -2.15. The van der Waals surface area contributed by atoms with Gasteiger partial charge in [0.1, 0.15) is 12.1 Å². The van der Waals surface area contributed by atoms with Gasteiger partial charge >= 0.3 is 0 Å². The van der Waals surface area contributed by atoms with Gasteiger partial charge in [0.15, 0.2) is 5.16 Å². The maximum atomic E-state index is 13.3. The van der Waals surface area contributed by atoms with Gasteiger partial charge in [-0.1, -0.05) is 50.7 Å². The van der Waals surface area contributed by atoms with Gasteiger partial charge in [-0.2, -0.15) is 0 Å². The second-order valence-corrected chi connectivity index (χ2v) is 8.35. The third-order valence-corrected chi connectivity index (χ3v) is 5.56. The molecule has 2 heterocycles. The molecule has 29 heavy (non-hydrogen) atoms. The molecule has 0 saturated heterocycles. The van der Waals surface area contributed by atoms with Crippen LogP contribution in [0.15, 0.2) is 40.3 Å². The van der Waals surface area contributed by atoms with E-state index in [4.69, 9.17) is 0 Å². The number of nitrogens with zero attached hydrogens (tertiary/aromatic N) is 3. The van der Waals surface area contributed by atoms with Crippen LogP contribution in [0.3, 0.4) is 0 Å². The lowest BCUT2D eigenvalue weighted by Crippen LogP contribution is -2.28. The van der Waals surface area contributed by atoms with Crippen molar-refractivity contribution in [1.29, 1.82) is 0 Å². The monoisotopic (exact) mass is 412 g/mol. The molecule has 3 rings (SSSR count). The van der Waals surface area contributed by atoms with Crippen molar-refractivity contribution in [2.24, 2.45) is 5.92 Å². The number of anilines is 1. The maximum absolute atomic E-state index is 13.3. The third-order valence-electron chi connectivity index (χ3n) is 4.88. The number of aryl methyl sites for hydroxylation is 2. The summed E-state index contributed by atoms with van der Waals surface area (Å²) >= 11 is 1.46. The van der Waals surface area contributed by atoms with Gasteiger partial charge in [0.2, 0.25) is 5.91 Å². The molecule has 154 valence electrons. The van der Waals surface area contributed by atoms with Crippen LogP contribution in [0.5, 0.6) is 0 Å². The molecule has 0 atom stereocenters. The molecule has 6 nitrogen and oxygen atoms in total. The molecule has 3 aromatic rings. The zero-order valence-electron chi connectivity index (χ0n) is 17.7. The molecule has 0 aliphatic carbocycles. The Kier molecular flexibility index (Phi) is 6.47. The van der Waals surface area contributed by atoms with Gasteiger partial charge in [-0.05, 0) is 43.2 Å². The van der Waals surface area contributed by atoms with Crippen molar-refractivity contribution in [3.8, 4) is 0 Å². The van der Waals surface area contributed by atoms with Crippen molar-refractivity contribution in [2.75, 3.05) is 11.6 Å². The van der Waals surface area contributed by atoms with Crippen LogP contribution in [0.25, 0.3) is 11.0 Å². The number of hydrogen-bond acceptors (Lipinski definition) is 4. The second kappa shape index (κ2) is 8.86. The molecule has 1 N–H and O–H groups in total. The molecule has 0 saturated carbocycles. The Morgan fingerprint density at radius 1 is 1.24 bits per heavy atom. The van der Waals surface area contributed by atoms with Crippen LogP contribution in [0.4, 0.5) is 5.69 Å². The van der Waals surface area contributed by atoms with Gasteiger partial charge in [-0.3, -0.25) is 14.2 Å². The van der Waals surface area contributed by atoms with Gasteiger partial charge < -0.3 is 9.88 Å². The zero-order valence-corrected chi connectivity index (χ0v) is 18.5. The minimum absolute atomic E-state index is 0.0740. The number of nitrogens with one attached hydrogen (secondary N) is 1. The number of carbonyl (C=O) groups is 1. The van der Waals surface area contributed by atoms with E-state index in [-0.39, 0.29) is 18.0 Å². The number of para-hydroxylation sites is 1. The third kappa shape index (κ3) is 4.40. The number of benzene rings is 1. The summed E-state index contributed by atoms with van der Waals surface area (Å²) in [5.41, 5.74) is 3.77. The molecule has 0 aliphatic rings. The summed E-state index contributed by atoms with van der Waals surface area (Å²) in [5, 5.41) is 3.69. The van der Waals surface area contributed by atoms with E-state index in [0.717, 1.165) is 23.4 Å². The predicted octanol–water partition coefficient (Wildman–Crippen LogP) is 4.09. The van der Waals surface area contributed by atoms with Gasteiger partial charge in [-0.15, -0.1) is 0 Å². The number of carbonyl (C=O) groups excluding carboxylic acids is 1. The van der Waals surface area contributed by atoms with E-state index in [1.54, 1.807) is 9.13 Å². The second-order valence-electron chi connectivity index (χ2n) is 7.57. The molecule has 1 aromatic carbocycles. The number of hydrogen-bond donors (Lipinski definition) is 1. The van der Waals surface area contributed by atoms with Crippen LogP contribution in [0, 0.1) is 12.8 Å². The molecule has 0 aliphatic heterocycles. The largest absolute Gasteiger partial charge is 0.330 e. The highest BCUT2D eigenvalue weighted by Crippen LogP contribution is 2.21. The predicted molar refractivity (Wildman–Crippen MR) is 120 cm³/mol. The lowest BCUT2D eigenvalue weighted by molar-refractivity contribution is -0.116. The molecule has 0 radical (unpaired) electrons. The fourth-order valence-electron chi connectivity index (χ4n) is 3.52. The quantitative estimate of drug-likeness (QED) is 0.469. The summed E-state index contributed by atoms with van der Waals surface area (Å²) in [6.45, 7) is 8.77. The topological polar surface area (TPSA) is 68.9 Å². The Bertz CT molecular complexity index is 1100. The van der Waals surface area contributed by atoms with Crippen molar-refractivity contribution in [2.45, 2.75) is 52.4 Å². The highest BCUT2D eigenvalue weighted by atomic mass is 32.2. The van der Waals surface area contributed by atoms with Gasteiger partial charge in [-0.25, -0.2) is 4.98 Å². The standard InChI is InChI=1S/C22H28N4O2S/c1-6-16-9-7-8-10-17(16)23-19(27)13-25-15(4)11-18-20(25)21(28)26(12-14(2)3)22(24-18)29-5/h7-11,14H,6,12-13H2,1-5H3,(H,23,27). The van der Waals surface area contributed by atoms with Gasteiger partial charge in [0.05, 0.1) is 5.52 Å². The maximum Gasteiger partial charge on any atom is 0.278 e. The average molecular weight is 413 g/mol. The Morgan fingerprint density at radius 3 is 2.62 bits per heavy atom. The first-order valence-electron chi connectivity index (χ1n) is 9.88. The van der Waals surface area contributed by atoms with E-state index < -0.39 is 0 Å². The van der Waals surface area contributed by atoms with E-state index >= 15 is 0 Å². The molecule has 7 heteroatoms. The summed E-state index contributed by atoms with van der Waals surface area (Å²) in [5.74, 6) is 0.159. The Balaban J connectivity index is 2.00. The number of rotatable bonds is 7. The number of aromatic nitrogens is 3. The van der Waals surface area contributed by atoms with E-state index in [2.05, 4.69) is 31.1 Å². The Morgan fingerprint density at radius 2 is 1.97 bits per heavy atom. The summed E-state index contributed by atoms with van der Waals surface area (Å²) in [6.07, 6.45) is 2.76. The molecular formula is C22H28N4O2S. The van der Waals surface area contributed by atoms with Crippen molar-refractivity contribution < 1.29 is 4.79 Å². The molecule has 0 spiro atoms. The highest BCUT2D eigenvalue weighted by molar-refractivity contribution is 7.98. The van der Waals surface area contributed by atoms with Crippen LogP contribution in [0.1, 0.15) is 32.0 Å². The molecule has 2 aromatic heterocycles. The highest BCUT2D eigenvalue weighted by Gasteiger charge is 2.19. The molecule has 0 fully saturated rings. The van der Waals surface area contributed by atoms with Crippen LogP contribution in [-0.4, -0.2) is 26.3 Å². The number of fused-ring (bicyclic) bond motifs is 1. The molecule has 0 bridgehead atoms. The van der Waals surface area contributed by atoms with Crippen LogP contribution in [0.2, 0.25) is 0 Å². The smallest absolute Gasteiger partial charge is 0.278 e. The molecule has 0 unspecified atom stereocenters. The summed E-state index contributed by atoms with van der Waals surface area (Å²) in [4.78, 5) is 30.7. The average Bonchev–Trinajstić information content (AvgIpc) is 2.99. The van der Waals surface area contributed by atoms with Gasteiger partial charge in [0.25, 0.3) is 5.56 Å². The Labute approximate surface area is 175 Å². The van der Waals surface area contributed by atoms with Crippen molar-refractivity contribution >= 4 is 34.4 Å². The summed E-state index contributed by atoms with van der Waals surface area (Å²) in [6, 6.07) is 9.65. The first-order chi connectivity index (χ1) is 13.8. The normalized spacial score (nSPS) is 11.4. The minimum Gasteiger partial charge on any atom is -0.330 e. The van der Waals surface area contributed by atoms with Crippen LogP contribution >= 0.6 is 11.8 Å². The Hall–Kier alpha value is -2.54. The van der Waals surface area contributed by atoms with Crippen LogP contribution in [-0.2, 0) is 24.3 Å². The van der Waals surface area contributed by atoms with E-state index in [9.17, 15) is 9.59 Å². The number of amides is 1. The zero-order chi connectivity index (χ0) is 21.1. The van der Waals surface area contributed by atoms with Crippen molar-refractivity contribution in [3.05, 3.63) is 51.9 Å². The first kappa shape index (κ1) is 21.2. The fourth-order valence-corrected chi connectivity index (χ4v) is 4.08. The SMILES string of the molecule is CCc1ccccc1NC(=O)Cn1c(C)cc2nc(SC)n(CC(C)C)c(=O)c21. The van der Waals surface area contributed by atoms with Crippen molar-refractivity contribution in [3.63, 3.8) is 0 Å². The summed E-state index contributed by atoms with van der Waals surface area (Å²) < 4.78 is 3.49. The molecule has 1 amide bonds. The first-order valence-corrected chi connectivity index (χ1v) is 11.1.